The molecule has 0 aromatic heterocycles. The summed E-state index contributed by atoms with van der Waals surface area (Å²) in [5, 5.41) is 9.05. The summed E-state index contributed by atoms with van der Waals surface area (Å²) in [5.74, 6) is -0.202. The number of nitrogens with zero attached hydrogens (tertiary/aromatic N) is 2. The summed E-state index contributed by atoms with van der Waals surface area (Å²) in [6.45, 7) is 2.23. The van der Waals surface area contributed by atoms with Gasteiger partial charge in [0.15, 0.2) is 0 Å². The molecule has 86 valence electrons. The number of amides is 2. The van der Waals surface area contributed by atoms with Crippen LogP contribution in [0, 0.1) is 0 Å². The Hall–Kier alpha value is -1.10. The Morgan fingerprint density at radius 1 is 1.53 bits per heavy atom. The van der Waals surface area contributed by atoms with E-state index in [1.165, 1.54) is 11.8 Å². The number of hydrogen-bond donors (Lipinski definition) is 1. The fraction of sp³-hybridized carbons (Fsp3) is 0.800. The van der Waals surface area contributed by atoms with Crippen LogP contribution >= 0.6 is 0 Å². The minimum Gasteiger partial charge on any atom is -0.394 e. The van der Waals surface area contributed by atoms with Crippen molar-refractivity contribution in [2.24, 2.45) is 0 Å². The van der Waals surface area contributed by atoms with E-state index >= 15 is 0 Å². The highest BCUT2D eigenvalue weighted by molar-refractivity contribution is 5.84. The molecule has 15 heavy (non-hydrogen) atoms. The van der Waals surface area contributed by atoms with Crippen molar-refractivity contribution in [2.75, 3.05) is 26.7 Å². The molecule has 2 amide bonds. The van der Waals surface area contributed by atoms with Crippen molar-refractivity contribution in [1.29, 1.82) is 0 Å². The summed E-state index contributed by atoms with van der Waals surface area (Å²) in [5.41, 5.74) is 0. The van der Waals surface area contributed by atoms with E-state index in [0.29, 0.717) is 6.54 Å². The highest BCUT2D eigenvalue weighted by Gasteiger charge is 2.28. The Morgan fingerprint density at radius 3 is 2.73 bits per heavy atom. The van der Waals surface area contributed by atoms with E-state index in [2.05, 4.69) is 0 Å². The molecule has 1 rings (SSSR count). The lowest BCUT2D eigenvalue weighted by Gasteiger charge is -2.25. The van der Waals surface area contributed by atoms with Gasteiger partial charge in [-0.2, -0.15) is 0 Å². The molecule has 0 aromatic rings. The van der Waals surface area contributed by atoms with Gasteiger partial charge < -0.3 is 14.9 Å². The van der Waals surface area contributed by atoms with Crippen molar-refractivity contribution < 1.29 is 14.7 Å². The van der Waals surface area contributed by atoms with Crippen molar-refractivity contribution >= 4 is 11.8 Å². The molecule has 0 aliphatic carbocycles. The number of likely N-dealkylation sites (tertiary alicyclic amines) is 1. The van der Waals surface area contributed by atoms with Crippen LogP contribution in [-0.4, -0.2) is 59.5 Å². The van der Waals surface area contributed by atoms with E-state index in [1.807, 2.05) is 0 Å². The van der Waals surface area contributed by atoms with Gasteiger partial charge in [-0.3, -0.25) is 9.59 Å². The van der Waals surface area contributed by atoms with Gasteiger partial charge in [0, 0.05) is 20.5 Å². The zero-order valence-corrected chi connectivity index (χ0v) is 9.27. The fourth-order valence-corrected chi connectivity index (χ4v) is 1.76. The summed E-state index contributed by atoms with van der Waals surface area (Å²) in [7, 11) is 1.60. The van der Waals surface area contributed by atoms with Crippen LogP contribution in [0.15, 0.2) is 0 Å². The Morgan fingerprint density at radius 2 is 2.20 bits per heavy atom. The van der Waals surface area contributed by atoms with Crippen LogP contribution in [0.3, 0.4) is 0 Å². The highest BCUT2D eigenvalue weighted by Crippen LogP contribution is 2.16. The quantitative estimate of drug-likeness (QED) is 0.685. The maximum Gasteiger partial charge on any atom is 0.242 e. The Kier molecular flexibility index (Phi) is 4.08. The predicted octanol–water partition coefficient (Wildman–Crippen LogP) is -0.552. The van der Waals surface area contributed by atoms with Crippen molar-refractivity contribution in [3.8, 4) is 0 Å². The largest absolute Gasteiger partial charge is 0.394 e. The topological polar surface area (TPSA) is 60.9 Å². The van der Waals surface area contributed by atoms with Gasteiger partial charge >= 0.3 is 0 Å². The van der Waals surface area contributed by atoms with E-state index < -0.39 is 0 Å². The molecular formula is C10H18N2O3. The Bertz CT molecular complexity index is 255. The highest BCUT2D eigenvalue weighted by atomic mass is 16.3. The van der Waals surface area contributed by atoms with Gasteiger partial charge in [-0.05, 0) is 12.8 Å². The zero-order valence-electron chi connectivity index (χ0n) is 9.27. The summed E-state index contributed by atoms with van der Waals surface area (Å²) in [6, 6.07) is -0.0575. The number of likely N-dealkylation sites (N-methyl/N-ethyl adjacent to an activating group) is 1. The molecule has 0 aromatic carbocycles. The molecule has 0 spiro atoms. The van der Waals surface area contributed by atoms with E-state index in [1.54, 1.807) is 11.9 Å². The average Bonchev–Trinajstić information content (AvgIpc) is 2.64. The summed E-state index contributed by atoms with van der Waals surface area (Å²) < 4.78 is 0. The number of aliphatic hydroxyl groups is 1. The molecule has 1 heterocycles. The predicted molar refractivity (Wildman–Crippen MR) is 55.1 cm³/mol. The summed E-state index contributed by atoms with van der Waals surface area (Å²) in [6.07, 6.45) is 1.78. The third-order valence-electron chi connectivity index (χ3n) is 2.82. The lowest BCUT2D eigenvalue weighted by atomic mass is 10.2. The first-order valence-corrected chi connectivity index (χ1v) is 5.18. The van der Waals surface area contributed by atoms with Crippen molar-refractivity contribution in [3.05, 3.63) is 0 Å². The summed E-state index contributed by atoms with van der Waals surface area (Å²) in [4.78, 5) is 25.8. The normalized spacial score (nSPS) is 20.5. The molecule has 1 saturated heterocycles. The number of carbonyl (C=O) groups is 2. The number of rotatable bonds is 3. The first-order chi connectivity index (χ1) is 7.06. The number of aliphatic hydroxyl groups excluding tert-OH is 1. The Balaban J connectivity index is 2.49. The minimum atomic E-state index is -0.122. The minimum absolute atomic E-state index is 0.00945. The van der Waals surface area contributed by atoms with Gasteiger partial charge in [0.25, 0.3) is 0 Å². The smallest absolute Gasteiger partial charge is 0.242 e. The fourth-order valence-electron chi connectivity index (χ4n) is 1.76. The van der Waals surface area contributed by atoms with Crippen LogP contribution in [-0.2, 0) is 9.59 Å². The molecule has 1 fully saturated rings. The van der Waals surface area contributed by atoms with Crippen LogP contribution in [0.5, 0.6) is 0 Å². The van der Waals surface area contributed by atoms with E-state index in [0.717, 1.165) is 12.8 Å². The SMILES string of the molecule is CC(=O)N(C)CC(=O)N1CCC[C@H]1CO. The van der Waals surface area contributed by atoms with Gasteiger partial charge in [0.1, 0.15) is 0 Å². The van der Waals surface area contributed by atoms with Crippen molar-refractivity contribution in [3.63, 3.8) is 0 Å². The van der Waals surface area contributed by atoms with Gasteiger partial charge in [-0.1, -0.05) is 0 Å². The monoisotopic (exact) mass is 214 g/mol. The van der Waals surface area contributed by atoms with E-state index in [4.69, 9.17) is 5.11 Å². The van der Waals surface area contributed by atoms with Crippen molar-refractivity contribution in [2.45, 2.75) is 25.8 Å². The third kappa shape index (κ3) is 2.92. The molecule has 0 saturated carbocycles. The van der Waals surface area contributed by atoms with E-state index in [9.17, 15) is 9.59 Å². The molecule has 1 atom stereocenters. The van der Waals surface area contributed by atoms with Gasteiger partial charge in [0.05, 0.1) is 19.2 Å². The molecule has 1 N–H and O–H groups in total. The summed E-state index contributed by atoms with van der Waals surface area (Å²) >= 11 is 0. The lowest BCUT2D eigenvalue weighted by molar-refractivity contribution is -0.139. The van der Waals surface area contributed by atoms with Crippen LogP contribution < -0.4 is 0 Å². The second-order valence-electron chi connectivity index (χ2n) is 3.94. The van der Waals surface area contributed by atoms with Gasteiger partial charge in [-0.15, -0.1) is 0 Å². The maximum absolute atomic E-state index is 11.8. The molecule has 1 aliphatic heterocycles. The first kappa shape index (κ1) is 12.0. The molecule has 1 aliphatic rings. The average molecular weight is 214 g/mol. The van der Waals surface area contributed by atoms with Crippen LogP contribution in [0.4, 0.5) is 0 Å². The lowest BCUT2D eigenvalue weighted by Crippen LogP contribution is -2.44. The molecule has 0 bridgehead atoms. The zero-order chi connectivity index (χ0) is 11.4. The third-order valence-corrected chi connectivity index (χ3v) is 2.82. The second-order valence-corrected chi connectivity index (χ2v) is 3.94. The van der Waals surface area contributed by atoms with E-state index in [-0.39, 0.29) is 31.0 Å². The number of carbonyl (C=O) groups excluding carboxylic acids is 2. The first-order valence-electron chi connectivity index (χ1n) is 5.18. The Labute approximate surface area is 89.7 Å². The molecular weight excluding hydrogens is 196 g/mol. The molecule has 0 unspecified atom stereocenters. The van der Waals surface area contributed by atoms with Crippen LogP contribution in [0.25, 0.3) is 0 Å². The number of hydrogen-bond acceptors (Lipinski definition) is 3. The maximum atomic E-state index is 11.8. The molecule has 5 nitrogen and oxygen atoms in total. The van der Waals surface area contributed by atoms with Crippen LogP contribution in [0.2, 0.25) is 0 Å². The molecule has 0 radical (unpaired) electrons. The second kappa shape index (κ2) is 5.11. The van der Waals surface area contributed by atoms with Gasteiger partial charge in [-0.25, -0.2) is 0 Å². The van der Waals surface area contributed by atoms with Crippen LogP contribution in [0.1, 0.15) is 19.8 Å². The van der Waals surface area contributed by atoms with Crippen molar-refractivity contribution in [1.82, 2.24) is 9.80 Å². The van der Waals surface area contributed by atoms with Gasteiger partial charge in [0.2, 0.25) is 11.8 Å². The standard InChI is InChI=1S/C10H18N2O3/c1-8(14)11(2)6-10(15)12-5-3-4-9(12)7-13/h9,13H,3-7H2,1-2H3/t9-/m0/s1. The molecule has 5 heteroatoms.